The number of nitrogens with one attached hydrogen (secondary N) is 1. The number of fused-ring (bicyclic) bond motifs is 2. The van der Waals surface area contributed by atoms with Gasteiger partial charge in [-0.05, 0) is 34.1 Å². The molecule has 1 aliphatic rings. The zero-order valence-electron chi connectivity index (χ0n) is 12.6. The summed E-state index contributed by atoms with van der Waals surface area (Å²) in [6, 6.07) is 8.69. The molecular weight excluding hydrogens is 377 g/mol. The molecule has 0 amide bonds. The van der Waals surface area contributed by atoms with Gasteiger partial charge >= 0.3 is 0 Å². The largest absolute Gasteiger partial charge is 0.490 e. The van der Waals surface area contributed by atoms with Crippen LogP contribution < -0.4 is 14.8 Å². The van der Waals surface area contributed by atoms with Crippen molar-refractivity contribution in [3.05, 3.63) is 46.9 Å². The van der Waals surface area contributed by atoms with Crippen molar-refractivity contribution in [2.24, 2.45) is 0 Å². The minimum Gasteiger partial charge on any atom is -0.490 e. The van der Waals surface area contributed by atoms with Gasteiger partial charge in [0.2, 0.25) is 0 Å². The van der Waals surface area contributed by atoms with E-state index in [2.05, 4.69) is 31.2 Å². The van der Waals surface area contributed by atoms with Crippen LogP contribution in [-0.4, -0.2) is 23.2 Å². The number of hydrogen-bond donors (Lipinski definition) is 1. The van der Waals surface area contributed by atoms with Gasteiger partial charge in [-0.25, -0.2) is 14.4 Å². The normalized spacial score (nSPS) is 13.6. The van der Waals surface area contributed by atoms with Crippen molar-refractivity contribution in [3.8, 4) is 11.5 Å². The molecule has 0 saturated carbocycles. The Kier molecular flexibility index (Phi) is 3.93. The Bertz CT molecular complexity index is 920. The molecule has 2 aromatic carbocycles. The maximum Gasteiger partial charge on any atom is 0.163 e. The predicted molar refractivity (Wildman–Crippen MR) is 92.5 cm³/mol. The molecule has 0 bridgehead atoms. The van der Waals surface area contributed by atoms with E-state index in [9.17, 15) is 4.39 Å². The third kappa shape index (κ3) is 2.75. The van der Waals surface area contributed by atoms with E-state index < -0.39 is 0 Å². The van der Waals surface area contributed by atoms with Crippen LogP contribution in [-0.2, 0) is 0 Å². The van der Waals surface area contributed by atoms with Crippen molar-refractivity contribution in [1.82, 2.24) is 9.97 Å². The van der Waals surface area contributed by atoms with Crippen molar-refractivity contribution in [2.45, 2.75) is 6.42 Å². The molecule has 24 heavy (non-hydrogen) atoms. The highest BCUT2D eigenvalue weighted by Crippen LogP contribution is 2.36. The van der Waals surface area contributed by atoms with Crippen LogP contribution in [0.5, 0.6) is 11.5 Å². The molecule has 1 N–H and O–H groups in total. The Morgan fingerprint density at radius 3 is 2.71 bits per heavy atom. The van der Waals surface area contributed by atoms with Gasteiger partial charge in [-0.2, -0.15) is 0 Å². The molecule has 1 aliphatic heterocycles. The van der Waals surface area contributed by atoms with Crippen LogP contribution in [0.2, 0.25) is 0 Å². The smallest absolute Gasteiger partial charge is 0.163 e. The molecule has 122 valence electrons. The molecule has 1 aromatic heterocycles. The monoisotopic (exact) mass is 389 g/mol. The molecule has 0 saturated heterocycles. The fraction of sp³-hybridized carbons (Fsp3) is 0.176. The lowest BCUT2D eigenvalue weighted by molar-refractivity contribution is 0.297. The van der Waals surface area contributed by atoms with Crippen LogP contribution in [0.3, 0.4) is 0 Å². The number of ether oxygens (including phenoxy) is 2. The maximum absolute atomic E-state index is 14.2. The highest BCUT2D eigenvalue weighted by Gasteiger charge is 2.15. The summed E-state index contributed by atoms with van der Waals surface area (Å²) in [6.07, 6.45) is 2.26. The van der Waals surface area contributed by atoms with Gasteiger partial charge in [0.15, 0.2) is 17.3 Å². The summed E-state index contributed by atoms with van der Waals surface area (Å²) < 4.78 is 26.0. The number of aromatic nitrogens is 2. The van der Waals surface area contributed by atoms with Crippen LogP contribution in [0.25, 0.3) is 10.9 Å². The Hall–Kier alpha value is -2.41. The molecule has 0 radical (unpaired) electrons. The van der Waals surface area contributed by atoms with Crippen molar-refractivity contribution in [2.75, 3.05) is 18.5 Å². The SMILES string of the molecule is Fc1c(Br)cccc1Nc1ncnc2cc3c(cc12)OCCCO3. The Balaban J connectivity index is 1.81. The summed E-state index contributed by atoms with van der Waals surface area (Å²) in [5, 5.41) is 3.76. The van der Waals surface area contributed by atoms with Gasteiger partial charge in [-0.1, -0.05) is 6.07 Å². The standard InChI is InChI=1S/C17H13BrFN3O2/c18-11-3-1-4-12(16(11)19)22-17-10-7-14-15(24-6-2-5-23-14)8-13(10)20-9-21-17/h1,3-4,7-9H,2,5-6H2,(H,20,21,22). The van der Waals surface area contributed by atoms with Crippen LogP contribution in [0.15, 0.2) is 41.1 Å². The fourth-order valence-electron chi connectivity index (χ4n) is 2.54. The minimum absolute atomic E-state index is 0.330. The first-order chi connectivity index (χ1) is 11.7. The zero-order chi connectivity index (χ0) is 16.5. The average molecular weight is 390 g/mol. The molecular formula is C17H13BrFN3O2. The van der Waals surface area contributed by atoms with Gasteiger partial charge in [0.05, 0.1) is 28.9 Å². The lowest BCUT2D eigenvalue weighted by Gasteiger charge is -2.12. The molecule has 5 nitrogen and oxygen atoms in total. The predicted octanol–water partition coefficient (Wildman–Crippen LogP) is 4.44. The van der Waals surface area contributed by atoms with Crippen LogP contribution in [0.1, 0.15) is 6.42 Å². The fourth-order valence-corrected chi connectivity index (χ4v) is 2.91. The van der Waals surface area contributed by atoms with Crippen LogP contribution in [0.4, 0.5) is 15.9 Å². The van der Waals surface area contributed by atoms with Crippen LogP contribution >= 0.6 is 15.9 Å². The van der Waals surface area contributed by atoms with Gasteiger partial charge < -0.3 is 14.8 Å². The van der Waals surface area contributed by atoms with Gasteiger partial charge in [0.25, 0.3) is 0 Å². The Morgan fingerprint density at radius 2 is 1.88 bits per heavy atom. The highest BCUT2D eigenvalue weighted by molar-refractivity contribution is 9.10. The van der Waals surface area contributed by atoms with Crippen molar-refractivity contribution >= 4 is 38.3 Å². The topological polar surface area (TPSA) is 56.3 Å². The first-order valence-electron chi connectivity index (χ1n) is 7.48. The summed E-state index contributed by atoms with van der Waals surface area (Å²) in [5.74, 6) is 1.44. The summed E-state index contributed by atoms with van der Waals surface area (Å²) in [6.45, 7) is 1.20. The molecule has 7 heteroatoms. The average Bonchev–Trinajstić information content (AvgIpc) is 2.82. The number of nitrogens with zero attached hydrogens (tertiary/aromatic N) is 2. The summed E-state index contributed by atoms with van der Waals surface area (Å²) in [4.78, 5) is 8.52. The molecule has 0 spiro atoms. The molecule has 0 fully saturated rings. The first-order valence-corrected chi connectivity index (χ1v) is 8.27. The van der Waals surface area contributed by atoms with Gasteiger partial charge in [-0.15, -0.1) is 0 Å². The summed E-state index contributed by atoms with van der Waals surface area (Å²) in [5.41, 5.74) is 1.03. The Morgan fingerprint density at radius 1 is 1.08 bits per heavy atom. The molecule has 0 aliphatic carbocycles. The second kappa shape index (κ2) is 6.24. The molecule has 2 heterocycles. The van der Waals surface area contributed by atoms with E-state index in [4.69, 9.17) is 9.47 Å². The van der Waals surface area contributed by atoms with E-state index in [0.717, 1.165) is 11.8 Å². The van der Waals surface area contributed by atoms with E-state index in [1.54, 1.807) is 18.2 Å². The van der Waals surface area contributed by atoms with Gasteiger partial charge in [0.1, 0.15) is 12.1 Å². The number of hydrogen-bond acceptors (Lipinski definition) is 5. The quantitative estimate of drug-likeness (QED) is 0.702. The lowest BCUT2D eigenvalue weighted by Crippen LogP contribution is -1.99. The third-order valence-electron chi connectivity index (χ3n) is 3.71. The summed E-state index contributed by atoms with van der Waals surface area (Å²) >= 11 is 3.18. The summed E-state index contributed by atoms with van der Waals surface area (Å²) in [7, 11) is 0. The second-order valence-corrected chi connectivity index (χ2v) is 6.17. The molecule has 3 aromatic rings. The van der Waals surface area contributed by atoms with Crippen molar-refractivity contribution in [3.63, 3.8) is 0 Å². The zero-order valence-corrected chi connectivity index (χ0v) is 14.1. The van der Waals surface area contributed by atoms with E-state index >= 15 is 0 Å². The molecule has 0 atom stereocenters. The third-order valence-corrected chi connectivity index (χ3v) is 4.32. The van der Waals surface area contributed by atoms with Crippen LogP contribution in [0, 0.1) is 5.82 Å². The second-order valence-electron chi connectivity index (χ2n) is 5.32. The van der Waals surface area contributed by atoms with E-state index in [1.807, 2.05) is 12.1 Å². The Labute approximate surface area is 146 Å². The lowest BCUT2D eigenvalue weighted by atomic mass is 10.2. The van der Waals surface area contributed by atoms with Crippen molar-refractivity contribution < 1.29 is 13.9 Å². The molecule has 4 rings (SSSR count). The highest BCUT2D eigenvalue weighted by atomic mass is 79.9. The number of halogens is 2. The number of anilines is 2. The molecule has 0 unspecified atom stereocenters. The van der Waals surface area contributed by atoms with Gasteiger partial charge in [-0.3, -0.25) is 0 Å². The van der Waals surface area contributed by atoms with Gasteiger partial charge in [0, 0.05) is 17.9 Å². The number of benzene rings is 2. The van der Waals surface area contributed by atoms with E-state index in [1.165, 1.54) is 6.33 Å². The minimum atomic E-state index is -0.376. The van der Waals surface area contributed by atoms with E-state index in [-0.39, 0.29) is 5.82 Å². The maximum atomic E-state index is 14.2. The first kappa shape index (κ1) is 15.1. The van der Waals surface area contributed by atoms with Crippen molar-refractivity contribution in [1.29, 1.82) is 0 Å². The van der Waals surface area contributed by atoms with E-state index in [0.29, 0.717) is 46.2 Å². The number of rotatable bonds is 2.